The summed E-state index contributed by atoms with van der Waals surface area (Å²) in [6, 6.07) is 17.5. The summed E-state index contributed by atoms with van der Waals surface area (Å²) in [5, 5.41) is 10.5. The SMILES string of the molecule is Cn1c(=O)c2c(nc(Cl)n2CC(O)COc2ccc(-c3ccccc3)cc2)n(C)c1=O. The number of aliphatic hydroxyl groups is 1. The van der Waals surface area contributed by atoms with Gasteiger partial charge in [-0.15, -0.1) is 0 Å². The molecule has 0 fully saturated rings. The van der Waals surface area contributed by atoms with E-state index < -0.39 is 17.4 Å². The zero-order valence-electron chi connectivity index (χ0n) is 17.0. The lowest BCUT2D eigenvalue weighted by Crippen LogP contribution is -2.38. The predicted molar refractivity (Wildman–Crippen MR) is 119 cm³/mol. The summed E-state index contributed by atoms with van der Waals surface area (Å²) in [4.78, 5) is 28.8. The molecule has 0 spiro atoms. The standard InChI is InChI=1S/C22H21ClN4O4/c1-25-19-18(20(29)26(2)22(25)30)27(21(23)24-19)12-16(28)13-31-17-10-8-15(9-11-17)14-6-4-3-5-7-14/h3-11,16,28H,12-13H2,1-2H3. The van der Waals surface area contributed by atoms with Crippen LogP contribution in [0.3, 0.4) is 0 Å². The Bertz CT molecular complexity index is 1340. The first kappa shape index (κ1) is 20.9. The van der Waals surface area contributed by atoms with Crippen molar-refractivity contribution < 1.29 is 9.84 Å². The van der Waals surface area contributed by atoms with Gasteiger partial charge in [0.1, 0.15) is 18.5 Å². The minimum absolute atomic E-state index is 0.00718. The van der Waals surface area contributed by atoms with Crippen molar-refractivity contribution in [3.05, 3.63) is 80.7 Å². The lowest BCUT2D eigenvalue weighted by atomic mass is 10.1. The van der Waals surface area contributed by atoms with Gasteiger partial charge in [-0.1, -0.05) is 42.5 Å². The smallest absolute Gasteiger partial charge is 0.332 e. The van der Waals surface area contributed by atoms with Crippen molar-refractivity contribution in [1.29, 1.82) is 0 Å². The van der Waals surface area contributed by atoms with Crippen LogP contribution in [0.15, 0.2) is 64.2 Å². The molecule has 1 unspecified atom stereocenters. The van der Waals surface area contributed by atoms with Crippen molar-refractivity contribution in [2.45, 2.75) is 12.6 Å². The van der Waals surface area contributed by atoms with E-state index in [2.05, 4.69) is 4.98 Å². The van der Waals surface area contributed by atoms with Gasteiger partial charge in [0.05, 0.1) is 6.54 Å². The van der Waals surface area contributed by atoms with E-state index in [1.54, 1.807) is 0 Å². The fraction of sp³-hybridized carbons (Fsp3) is 0.227. The highest BCUT2D eigenvalue weighted by molar-refractivity contribution is 6.29. The van der Waals surface area contributed by atoms with Crippen LogP contribution in [-0.4, -0.2) is 36.5 Å². The number of rotatable bonds is 6. The van der Waals surface area contributed by atoms with Gasteiger partial charge >= 0.3 is 5.69 Å². The van der Waals surface area contributed by atoms with Gasteiger partial charge in [-0.05, 0) is 34.9 Å². The van der Waals surface area contributed by atoms with Crippen molar-refractivity contribution >= 4 is 22.8 Å². The van der Waals surface area contributed by atoms with E-state index in [1.807, 2.05) is 54.6 Å². The molecule has 2 aromatic carbocycles. The average molecular weight is 441 g/mol. The van der Waals surface area contributed by atoms with E-state index in [4.69, 9.17) is 16.3 Å². The number of fused-ring (bicyclic) bond motifs is 1. The summed E-state index contributed by atoms with van der Waals surface area (Å²) in [6.07, 6.45) is -0.953. The van der Waals surface area contributed by atoms with E-state index >= 15 is 0 Å². The first-order valence-electron chi connectivity index (χ1n) is 9.65. The highest BCUT2D eigenvalue weighted by atomic mass is 35.5. The van der Waals surface area contributed by atoms with E-state index in [9.17, 15) is 14.7 Å². The molecule has 1 atom stereocenters. The Morgan fingerprint density at radius 1 is 1.00 bits per heavy atom. The molecule has 2 aromatic heterocycles. The molecule has 8 nitrogen and oxygen atoms in total. The Morgan fingerprint density at radius 2 is 1.65 bits per heavy atom. The number of aryl methyl sites for hydroxylation is 1. The van der Waals surface area contributed by atoms with Gasteiger partial charge in [0.15, 0.2) is 11.2 Å². The van der Waals surface area contributed by atoms with Crippen LogP contribution < -0.4 is 16.0 Å². The van der Waals surface area contributed by atoms with Crippen molar-refractivity contribution in [1.82, 2.24) is 18.7 Å². The Hall–Kier alpha value is -3.36. The van der Waals surface area contributed by atoms with E-state index in [-0.39, 0.29) is 29.6 Å². The molecular weight excluding hydrogens is 420 g/mol. The molecule has 0 saturated carbocycles. The summed E-state index contributed by atoms with van der Waals surface area (Å²) < 4.78 is 9.31. The maximum absolute atomic E-state index is 12.6. The lowest BCUT2D eigenvalue weighted by Gasteiger charge is -2.14. The van der Waals surface area contributed by atoms with Gasteiger partial charge in [0.25, 0.3) is 5.56 Å². The van der Waals surface area contributed by atoms with Gasteiger partial charge in [-0.2, -0.15) is 4.98 Å². The van der Waals surface area contributed by atoms with Crippen molar-refractivity contribution in [2.75, 3.05) is 6.61 Å². The number of aliphatic hydroxyl groups excluding tert-OH is 1. The molecule has 0 radical (unpaired) electrons. The molecular formula is C22H21ClN4O4. The van der Waals surface area contributed by atoms with Crippen LogP contribution in [0.4, 0.5) is 0 Å². The Balaban J connectivity index is 1.49. The van der Waals surface area contributed by atoms with Gasteiger partial charge in [-0.3, -0.25) is 13.9 Å². The Labute approximate surface area is 182 Å². The summed E-state index contributed by atoms with van der Waals surface area (Å²) in [5.74, 6) is 0.610. The summed E-state index contributed by atoms with van der Waals surface area (Å²) in [5.41, 5.74) is 1.46. The summed E-state index contributed by atoms with van der Waals surface area (Å²) in [7, 11) is 2.89. The number of halogens is 1. The lowest BCUT2D eigenvalue weighted by molar-refractivity contribution is 0.0934. The first-order valence-corrected chi connectivity index (χ1v) is 10.0. The number of benzene rings is 2. The number of imidazole rings is 1. The quantitative estimate of drug-likeness (QED) is 0.464. The molecule has 160 valence electrons. The third-order valence-corrected chi connectivity index (χ3v) is 5.39. The predicted octanol–water partition coefficient (Wildman–Crippen LogP) is 2.19. The van der Waals surface area contributed by atoms with Crippen LogP contribution in [0.5, 0.6) is 5.75 Å². The zero-order valence-corrected chi connectivity index (χ0v) is 17.8. The second-order valence-electron chi connectivity index (χ2n) is 7.22. The van der Waals surface area contributed by atoms with Crippen LogP contribution >= 0.6 is 11.6 Å². The molecule has 0 amide bonds. The number of hydrogen-bond acceptors (Lipinski definition) is 5. The molecule has 4 rings (SSSR count). The maximum atomic E-state index is 12.6. The maximum Gasteiger partial charge on any atom is 0.332 e. The third-order valence-electron chi connectivity index (χ3n) is 5.10. The monoisotopic (exact) mass is 440 g/mol. The number of aromatic nitrogens is 4. The van der Waals surface area contributed by atoms with Gasteiger partial charge in [0, 0.05) is 14.1 Å². The Morgan fingerprint density at radius 3 is 2.32 bits per heavy atom. The second-order valence-corrected chi connectivity index (χ2v) is 7.56. The molecule has 9 heteroatoms. The van der Waals surface area contributed by atoms with Crippen molar-refractivity contribution in [2.24, 2.45) is 14.1 Å². The van der Waals surface area contributed by atoms with Gasteiger partial charge in [0.2, 0.25) is 5.28 Å². The largest absolute Gasteiger partial charge is 0.491 e. The number of nitrogens with zero attached hydrogens (tertiary/aromatic N) is 4. The molecule has 0 saturated heterocycles. The van der Waals surface area contributed by atoms with E-state index in [1.165, 1.54) is 23.2 Å². The number of hydrogen-bond donors (Lipinski definition) is 1. The fourth-order valence-corrected chi connectivity index (χ4v) is 3.65. The average Bonchev–Trinajstić information content (AvgIpc) is 3.12. The van der Waals surface area contributed by atoms with Crippen LogP contribution in [0.25, 0.3) is 22.3 Å². The molecule has 0 aliphatic carbocycles. The van der Waals surface area contributed by atoms with Gasteiger partial charge < -0.3 is 14.4 Å². The summed E-state index contributed by atoms with van der Waals surface area (Å²) in [6.45, 7) is -0.0162. The first-order chi connectivity index (χ1) is 14.9. The topological polar surface area (TPSA) is 91.3 Å². The molecule has 0 bridgehead atoms. The molecule has 0 aliphatic rings. The molecule has 0 aliphatic heterocycles. The van der Waals surface area contributed by atoms with Crippen molar-refractivity contribution in [3.63, 3.8) is 0 Å². The van der Waals surface area contributed by atoms with Gasteiger partial charge in [-0.25, -0.2) is 4.79 Å². The number of ether oxygens (including phenoxy) is 1. The molecule has 2 heterocycles. The van der Waals surface area contributed by atoms with E-state index in [0.717, 1.165) is 15.7 Å². The molecule has 31 heavy (non-hydrogen) atoms. The second kappa shape index (κ2) is 8.41. The van der Waals surface area contributed by atoms with Crippen LogP contribution in [-0.2, 0) is 20.6 Å². The third kappa shape index (κ3) is 3.99. The minimum atomic E-state index is -0.953. The molecule has 1 N–H and O–H groups in total. The van der Waals surface area contributed by atoms with E-state index in [0.29, 0.717) is 5.75 Å². The minimum Gasteiger partial charge on any atom is -0.491 e. The van der Waals surface area contributed by atoms with Crippen LogP contribution in [0.2, 0.25) is 5.28 Å². The highest BCUT2D eigenvalue weighted by Gasteiger charge is 2.20. The fourth-order valence-electron chi connectivity index (χ4n) is 3.42. The molecule has 4 aromatic rings. The van der Waals surface area contributed by atoms with Crippen LogP contribution in [0.1, 0.15) is 0 Å². The van der Waals surface area contributed by atoms with Crippen molar-refractivity contribution in [3.8, 4) is 16.9 Å². The normalized spacial score (nSPS) is 12.3. The zero-order chi connectivity index (χ0) is 22.1. The Kier molecular flexibility index (Phi) is 5.67. The van der Waals surface area contributed by atoms with Crippen LogP contribution in [0, 0.1) is 0 Å². The summed E-state index contributed by atoms with van der Waals surface area (Å²) >= 11 is 6.19. The highest BCUT2D eigenvalue weighted by Crippen LogP contribution is 2.22.